The van der Waals surface area contributed by atoms with Gasteiger partial charge < -0.3 is 14.6 Å². The third-order valence-electron chi connectivity index (χ3n) is 3.22. The van der Waals surface area contributed by atoms with Gasteiger partial charge in [-0.1, -0.05) is 62.5 Å². The quantitative estimate of drug-likeness (QED) is 0.235. The minimum Gasteiger partial charge on any atom is -0.396 e. The third kappa shape index (κ3) is 17.2. The molecule has 24 heavy (non-hydrogen) atoms. The second-order valence-corrected chi connectivity index (χ2v) is 5.43. The number of hydrogen-bond donors (Lipinski definition) is 1. The van der Waals surface area contributed by atoms with Gasteiger partial charge >= 0.3 is 0 Å². The van der Waals surface area contributed by atoms with Crippen LogP contribution in [0.2, 0.25) is 0 Å². The van der Waals surface area contributed by atoms with E-state index < -0.39 is 0 Å². The summed E-state index contributed by atoms with van der Waals surface area (Å²) in [4.78, 5) is 0. The minimum absolute atomic E-state index is 0.0833. The lowest BCUT2D eigenvalue weighted by atomic mass is 10.3. The first kappa shape index (κ1) is 22.8. The Bertz CT molecular complexity index is 324. The molecule has 0 aromatic heterocycles. The highest BCUT2D eigenvalue weighted by Crippen LogP contribution is 2.04. The molecule has 0 aromatic rings. The topological polar surface area (TPSA) is 38.7 Å². The van der Waals surface area contributed by atoms with Gasteiger partial charge in [0, 0.05) is 13.0 Å². The second-order valence-electron chi connectivity index (χ2n) is 5.43. The van der Waals surface area contributed by atoms with Crippen molar-refractivity contribution >= 4 is 0 Å². The van der Waals surface area contributed by atoms with Crippen LogP contribution in [0.4, 0.5) is 0 Å². The van der Waals surface area contributed by atoms with Gasteiger partial charge in [0.25, 0.3) is 0 Å². The molecule has 0 rings (SSSR count). The first-order valence-corrected chi connectivity index (χ1v) is 9.29. The fraction of sp³-hybridized carbons (Fsp3) is 0.619. The maximum Gasteiger partial charge on any atom is 0.159 e. The molecular formula is C21H36O3. The highest BCUT2D eigenvalue weighted by molar-refractivity contribution is 4.93. The third-order valence-corrected chi connectivity index (χ3v) is 3.22. The van der Waals surface area contributed by atoms with Gasteiger partial charge in [0.05, 0.1) is 13.2 Å². The van der Waals surface area contributed by atoms with Gasteiger partial charge in [-0.15, -0.1) is 0 Å². The average molecular weight is 337 g/mol. The van der Waals surface area contributed by atoms with Crippen molar-refractivity contribution in [2.24, 2.45) is 0 Å². The fourth-order valence-electron chi connectivity index (χ4n) is 1.97. The first-order chi connectivity index (χ1) is 11.8. The molecule has 0 atom stereocenters. The van der Waals surface area contributed by atoms with Crippen molar-refractivity contribution in [1.29, 1.82) is 0 Å². The van der Waals surface area contributed by atoms with E-state index in [-0.39, 0.29) is 12.9 Å². The van der Waals surface area contributed by atoms with Crippen molar-refractivity contribution in [3.63, 3.8) is 0 Å². The van der Waals surface area contributed by atoms with Crippen molar-refractivity contribution in [3.05, 3.63) is 48.6 Å². The molecular weight excluding hydrogens is 300 g/mol. The summed E-state index contributed by atoms with van der Waals surface area (Å²) in [6.45, 7) is 5.59. The van der Waals surface area contributed by atoms with E-state index in [4.69, 9.17) is 14.6 Å². The summed E-state index contributed by atoms with van der Waals surface area (Å²) in [5, 5.41) is 9.08. The first-order valence-electron chi connectivity index (χ1n) is 9.29. The molecule has 0 unspecified atom stereocenters. The Morgan fingerprint density at radius 3 is 1.58 bits per heavy atom. The Labute approximate surface area is 148 Å². The van der Waals surface area contributed by atoms with Gasteiger partial charge in [-0.2, -0.15) is 0 Å². The maximum atomic E-state index is 9.08. The molecule has 1 N–H and O–H groups in total. The molecule has 0 spiro atoms. The molecule has 138 valence electrons. The molecule has 0 saturated heterocycles. The molecule has 3 nitrogen and oxygen atoms in total. The Morgan fingerprint density at radius 1 is 0.708 bits per heavy atom. The van der Waals surface area contributed by atoms with Gasteiger partial charge in [0.1, 0.15) is 0 Å². The molecule has 0 fully saturated rings. The second kappa shape index (κ2) is 19.9. The molecule has 0 aliphatic rings. The standard InChI is InChI=1S/C21H36O3/c1-3-5-7-9-11-13-15-19-23-21(17-18-22)24-20-16-14-12-10-8-6-4-2/h5-8,11-14,21-22H,3-4,9-10,15-20H2,1-2H3/b7-5+,8-6+,13-11+,14-12+. The average Bonchev–Trinajstić information content (AvgIpc) is 2.59. The van der Waals surface area contributed by atoms with Gasteiger partial charge in [0.15, 0.2) is 6.29 Å². The van der Waals surface area contributed by atoms with Crippen LogP contribution in [0.1, 0.15) is 58.8 Å². The van der Waals surface area contributed by atoms with E-state index in [0.29, 0.717) is 19.6 Å². The summed E-state index contributed by atoms with van der Waals surface area (Å²) in [7, 11) is 0. The molecule has 0 bridgehead atoms. The van der Waals surface area contributed by atoms with E-state index >= 15 is 0 Å². The van der Waals surface area contributed by atoms with Crippen LogP contribution in [-0.2, 0) is 9.47 Å². The molecule has 0 heterocycles. The van der Waals surface area contributed by atoms with Crippen molar-refractivity contribution in [2.45, 2.75) is 65.1 Å². The number of aliphatic hydroxyl groups is 1. The van der Waals surface area contributed by atoms with Crippen LogP contribution in [0.5, 0.6) is 0 Å². The largest absolute Gasteiger partial charge is 0.396 e. The van der Waals surface area contributed by atoms with Gasteiger partial charge in [-0.3, -0.25) is 0 Å². The van der Waals surface area contributed by atoms with Crippen molar-refractivity contribution in [3.8, 4) is 0 Å². The van der Waals surface area contributed by atoms with E-state index in [0.717, 1.165) is 38.5 Å². The zero-order valence-electron chi connectivity index (χ0n) is 15.5. The molecule has 3 heteroatoms. The fourth-order valence-corrected chi connectivity index (χ4v) is 1.97. The smallest absolute Gasteiger partial charge is 0.159 e. The number of allylic oxidation sites excluding steroid dienone is 6. The minimum atomic E-state index is -0.309. The molecule has 0 radical (unpaired) electrons. The van der Waals surface area contributed by atoms with Crippen LogP contribution < -0.4 is 0 Å². The zero-order chi connectivity index (χ0) is 17.7. The summed E-state index contributed by atoms with van der Waals surface area (Å²) in [6.07, 6.45) is 23.3. The van der Waals surface area contributed by atoms with E-state index in [9.17, 15) is 0 Å². The zero-order valence-corrected chi connectivity index (χ0v) is 15.5. The number of aliphatic hydroxyl groups excluding tert-OH is 1. The SMILES string of the molecule is CC/C=C/C/C=C/CCOC(CCO)OCC/C=C/C/C=C/CC. The summed E-state index contributed by atoms with van der Waals surface area (Å²) >= 11 is 0. The highest BCUT2D eigenvalue weighted by atomic mass is 16.7. The monoisotopic (exact) mass is 336 g/mol. The normalized spacial score (nSPS) is 12.8. The maximum absolute atomic E-state index is 9.08. The van der Waals surface area contributed by atoms with Crippen LogP contribution in [0.3, 0.4) is 0 Å². The van der Waals surface area contributed by atoms with Crippen LogP contribution in [0, 0.1) is 0 Å². The van der Waals surface area contributed by atoms with Gasteiger partial charge in [-0.25, -0.2) is 0 Å². The molecule has 0 saturated carbocycles. The Kier molecular flexibility index (Phi) is 18.9. The van der Waals surface area contributed by atoms with Crippen molar-refractivity contribution in [2.75, 3.05) is 19.8 Å². The number of rotatable bonds is 16. The lowest BCUT2D eigenvalue weighted by Gasteiger charge is -2.16. The lowest BCUT2D eigenvalue weighted by Crippen LogP contribution is -2.20. The molecule has 0 aliphatic heterocycles. The number of hydrogen-bond acceptors (Lipinski definition) is 3. The predicted octanol–water partition coefficient (Wildman–Crippen LogP) is 5.33. The van der Waals surface area contributed by atoms with Gasteiger partial charge in [0.2, 0.25) is 0 Å². The predicted molar refractivity (Wildman–Crippen MR) is 103 cm³/mol. The molecule has 0 aliphatic carbocycles. The van der Waals surface area contributed by atoms with Crippen molar-refractivity contribution in [1.82, 2.24) is 0 Å². The van der Waals surface area contributed by atoms with Crippen LogP contribution in [0.15, 0.2) is 48.6 Å². The van der Waals surface area contributed by atoms with Gasteiger partial charge in [-0.05, 0) is 38.5 Å². The van der Waals surface area contributed by atoms with Crippen LogP contribution in [0.25, 0.3) is 0 Å². The van der Waals surface area contributed by atoms with E-state index in [2.05, 4.69) is 62.5 Å². The Balaban J connectivity index is 3.73. The Hall–Kier alpha value is -1.16. The number of ether oxygens (including phenoxy) is 2. The summed E-state index contributed by atoms with van der Waals surface area (Å²) in [5.41, 5.74) is 0. The lowest BCUT2D eigenvalue weighted by molar-refractivity contribution is -0.148. The summed E-state index contributed by atoms with van der Waals surface area (Å²) in [5.74, 6) is 0. The summed E-state index contributed by atoms with van der Waals surface area (Å²) < 4.78 is 11.4. The van der Waals surface area contributed by atoms with E-state index in [1.165, 1.54) is 0 Å². The van der Waals surface area contributed by atoms with Crippen LogP contribution >= 0.6 is 0 Å². The molecule has 0 aromatic carbocycles. The highest BCUT2D eigenvalue weighted by Gasteiger charge is 2.07. The summed E-state index contributed by atoms with van der Waals surface area (Å²) in [6, 6.07) is 0. The van der Waals surface area contributed by atoms with Crippen LogP contribution in [-0.4, -0.2) is 31.2 Å². The Morgan fingerprint density at radius 2 is 1.17 bits per heavy atom. The van der Waals surface area contributed by atoms with E-state index in [1.54, 1.807) is 0 Å². The van der Waals surface area contributed by atoms with E-state index in [1.807, 2.05) is 0 Å². The van der Waals surface area contributed by atoms with Crippen molar-refractivity contribution < 1.29 is 14.6 Å². The molecule has 0 amide bonds.